The highest BCUT2D eigenvalue weighted by molar-refractivity contribution is 5.51. The molecule has 20 heavy (non-hydrogen) atoms. The van der Waals surface area contributed by atoms with E-state index in [1.807, 2.05) is 0 Å². The van der Waals surface area contributed by atoms with E-state index >= 15 is 0 Å². The Labute approximate surface area is 123 Å². The Hall–Kier alpha value is -1.09. The Balaban J connectivity index is 2.23. The van der Waals surface area contributed by atoms with Gasteiger partial charge in [-0.1, -0.05) is 13.8 Å². The molecule has 0 aromatic carbocycles. The molecule has 0 radical (unpaired) electrons. The minimum atomic E-state index is 0.582. The Bertz CT molecular complexity index is 454. The molecule has 2 heterocycles. The quantitative estimate of drug-likeness (QED) is 0.919. The minimum Gasteiger partial charge on any atom is -0.356 e. The van der Waals surface area contributed by atoms with Crippen LogP contribution >= 0.6 is 0 Å². The maximum absolute atomic E-state index is 5.96. The summed E-state index contributed by atoms with van der Waals surface area (Å²) in [4.78, 5) is 7.25. The molecule has 3 heteroatoms. The third kappa shape index (κ3) is 3.32. The van der Waals surface area contributed by atoms with Crippen molar-refractivity contribution in [2.24, 2.45) is 17.6 Å². The van der Waals surface area contributed by atoms with E-state index in [9.17, 15) is 0 Å². The predicted molar refractivity (Wildman–Crippen MR) is 86.0 cm³/mol. The van der Waals surface area contributed by atoms with Gasteiger partial charge < -0.3 is 10.6 Å². The lowest BCUT2D eigenvalue weighted by Gasteiger charge is -2.26. The van der Waals surface area contributed by atoms with Crippen LogP contribution in [0.25, 0.3) is 0 Å². The molecule has 1 fully saturated rings. The van der Waals surface area contributed by atoms with Crippen molar-refractivity contribution in [3.8, 4) is 0 Å². The van der Waals surface area contributed by atoms with Gasteiger partial charge in [0.2, 0.25) is 0 Å². The molecule has 1 aliphatic heterocycles. The maximum Gasteiger partial charge on any atom is 0.133 e. The molecule has 1 aromatic rings. The normalized spacial score (nSPS) is 20.3. The average molecular weight is 275 g/mol. The number of pyridine rings is 1. The summed E-state index contributed by atoms with van der Waals surface area (Å²) in [6, 6.07) is 2.14. The van der Waals surface area contributed by atoms with Gasteiger partial charge in [0.05, 0.1) is 0 Å². The summed E-state index contributed by atoms with van der Waals surface area (Å²) in [5.41, 5.74) is 9.55. The highest BCUT2D eigenvalue weighted by atomic mass is 15.2. The number of aryl methyl sites for hydroxylation is 2. The maximum atomic E-state index is 5.96. The Kier molecular flexibility index (Phi) is 5.03. The zero-order chi connectivity index (χ0) is 14.7. The van der Waals surface area contributed by atoms with E-state index in [0.29, 0.717) is 6.54 Å². The molecular formula is C17H29N3. The Morgan fingerprint density at radius 3 is 2.70 bits per heavy atom. The van der Waals surface area contributed by atoms with Gasteiger partial charge in [0.15, 0.2) is 0 Å². The van der Waals surface area contributed by atoms with Gasteiger partial charge in [-0.2, -0.15) is 0 Å². The fourth-order valence-electron chi connectivity index (χ4n) is 3.36. The molecule has 1 saturated heterocycles. The Morgan fingerprint density at radius 2 is 2.05 bits per heavy atom. The van der Waals surface area contributed by atoms with E-state index < -0.39 is 0 Å². The molecule has 0 bridgehead atoms. The van der Waals surface area contributed by atoms with Gasteiger partial charge in [0.1, 0.15) is 5.82 Å². The Morgan fingerprint density at radius 1 is 1.30 bits per heavy atom. The van der Waals surface area contributed by atoms with Gasteiger partial charge >= 0.3 is 0 Å². The standard InChI is InChI=1S/C17H29N3/c1-12(2)15-6-5-8-20(9-7-15)17-16(11-18)13(3)10-14(4)19-17/h10,12,15H,5-9,11,18H2,1-4H3. The third-order valence-corrected chi connectivity index (χ3v) is 4.67. The number of nitrogens with zero attached hydrogens (tertiary/aromatic N) is 2. The van der Waals surface area contributed by atoms with Crippen molar-refractivity contribution in [3.63, 3.8) is 0 Å². The SMILES string of the molecule is Cc1cc(C)c(CN)c(N2CCCC(C(C)C)CC2)n1. The molecule has 112 valence electrons. The van der Waals surface area contributed by atoms with E-state index in [2.05, 4.69) is 38.7 Å². The van der Waals surface area contributed by atoms with E-state index in [4.69, 9.17) is 10.7 Å². The van der Waals surface area contributed by atoms with Gasteiger partial charge in [-0.05, 0) is 56.6 Å². The monoisotopic (exact) mass is 275 g/mol. The van der Waals surface area contributed by atoms with Crippen molar-refractivity contribution in [1.29, 1.82) is 0 Å². The van der Waals surface area contributed by atoms with E-state index in [-0.39, 0.29) is 0 Å². The fraction of sp³-hybridized carbons (Fsp3) is 0.706. The predicted octanol–water partition coefficient (Wildman–Crippen LogP) is 3.42. The summed E-state index contributed by atoms with van der Waals surface area (Å²) in [6.45, 7) is 11.7. The lowest BCUT2D eigenvalue weighted by Crippen LogP contribution is -2.28. The molecule has 0 aliphatic carbocycles. The molecule has 2 N–H and O–H groups in total. The second-order valence-corrected chi connectivity index (χ2v) is 6.51. The van der Waals surface area contributed by atoms with Crippen LogP contribution in [0.2, 0.25) is 0 Å². The largest absolute Gasteiger partial charge is 0.356 e. The lowest BCUT2D eigenvalue weighted by molar-refractivity contribution is 0.351. The second-order valence-electron chi connectivity index (χ2n) is 6.51. The highest BCUT2D eigenvalue weighted by Gasteiger charge is 2.22. The number of anilines is 1. The van der Waals surface area contributed by atoms with Gasteiger partial charge in [-0.25, -0.2) is 4.98 Å². The summed E-state index contributed by atoms with van der Waals surface area (Å²) in [5.74, 6) is 2.78. The first-order valence-corrected chi connectivity index (χ1v) is 7.95. The van der Waals surface area contributed by atoms with Crippen LogP contribution in [0.1, 0.15) is 49.9 Å². The number of rotatable bonds is 3. The summed E-state index contributed by atoms with van der Waals surface area (Å²) >= 11 is 0. The molecule has 2 rings (SSSR count). The number of aromatic nitrogens is 1. The van der Waals surface area contributed by atoms with Gasteiger partial charge in [0, 0.05) is 30.9 Å². The smallest absolute Gasteiger partial charge is 0.133 e. The van der Waals surface area contributed by atoms with Gasteiger partial charge in [-0.3, -0.25) is 0 Å². The fourth-order valence-corrected chi connectivity index (χ4v) is 3.36. The summed E-state index contributed by atoms with van der Waals surface area (Å²) in [6.07, 6.45) is 3.88. The second kappa shape index (κ2) is 6.57. The molecule has 0 amide bonds. The average Bonchev–Trinajstić information content (AvgIpc) is 2.63. The number of nitrogens with two attached hydrogens (primary N) is 1. The van der Waals surface area contributed by atoms with Crippen LogP contribution in [0, 0.1) is 25.7 Å². The van der Waals surface area contributed by atoms with Crippen LogP contribution in [0.4, 0.5) is 5.82 Å². The van der Waals surface area contributed by atoms with Gasteiger partial charge in [-0.15, -0.1) is 0 Å². The molecule has 1 atom stereocenters. The minimum absolute atomic E-state index is 0.582. The van der Waals surface area contributed by atoms with Crippen LogP contribution < -0.4 is 10.6 Å². The zero-order valence-electron chi connectivity index (χ0n) is 13.4. The van der Waals surface area contributed by atoms with E-state index in [1.165, 1.54) is 30.4 Å². The molecule has 1 aromatic heterocycles. The van der Waals surface area contributed by atoms with E-state index in [1.54, 1.807) is 0 Å². The summed E-state index contributed by atoms with van der Waals surface area (Å²) in [7, 11) is 0. The molecule has 0 spiro atoms. The molecule has 1 aliphatic rings. The first-order chi connectivity index (χ1) is 9.52. The van der Waals surface area contributed by atoms with Crippen molar-refractivity contribution in [2.45, 2.75) is 53.5 Å². The van der Waals surface area contributed by atoms with Gasteiger partial charge in [0.25, 0.3) is 0 Å². The molecular weight excluding hydrogens is 246 g/mol. The summed E-state index contributed by atoms with van der Waals surface area (Å²) < 4.78 is 0. The molecule has 3 nitrogen and oxygen atoms in total. The lowest BCUT2D eigenvalue weighted by atomic mass is 9.89. The zero-order valence-corrected chi connectivity index (χ0v) is 13.4. The first kappa shape index (κ1) is 15.3. The highest BCUT2D eigenvalue weighted by Crippen LogP contribution is 2.29. The van der Waals surface area contributed by atoms with Crippen molar-refractivity contribution in [1.82, 2.24) is 4.98 Å². The molecule has 1 unspecified atom stereocenters. The topological polar surface area (TPSA) is 42.1 Å². The van der Waals surface area contributed by atoms with Crippen LogP contribution in [-0.4, -0.2) is 18.1 Å². The third-order valence-electron chi connectivity index (χ3n) is 4.67. The van der Waals surface area contributed by atoms with Crippen molar-refractivity contribution in [2.75, 3.05) is 18.0 Å². The molecule has 0 saturated carbocycles. The van der Waals surface area contributed by atoms with E-state index in [0.717, 1.165) is 36.4 Å². The van der Waals surface area contributed by atoms with Crippen LogP contribution in [0.5, 0.6) is 0 Å². The number of hydrogen-bond acceptors (Lipinski definition) is 3. The van der Waals surface area contributed by atoms with Crippen molar-refractivity contribution in [3.05, 3.63) is 22.9 Å². The number of hydrogen-bond donors (Lipinski definition) is 1. The van der Waals surface area contributed by atoms with Crippen LogP contribution in [0.3, 0.4) is 0 Å². The van der Waals surface area contributed by atoms with Crippen molar-refractivity contribution < 1.29 is 0 Å². The van der Waals surface area contributed by atoms with Crippen LogP contribution in [0.15, 0.2) is 6.07 Å². The first-order valence-electron chi connectivity index (χ1n) is 7.95. The van der Waals surface area contributed by atoms with Crippen molar-refractivity contribution >= 4 is 5.82 Å². The van der Waals surface area contributed by atoms with Crippen LogP contribution in [-0.2, 0) is 6.54 Å². The summed E-state index contributed by atoms with van der Waals surface area (Å²) in [5, 5.41) is 0.